The molecule has 1 heterocycles. The predicted molar refractivity (Wildman–Crippen MR) is 61.3 cm³/mol. The van der Waals surface area contributed by atoms with Crippen molar-refractivity contribution >= 4 is 5.91 Å². The van der Waals surface area contributed by atoms with Gasteiger partial charge in [-0.05, 0) is 26.0 Å². The fourth-order valence-corrected chi connectivity index (χ4v) is 1.50. The van der Waals surface area contributed by atoms with E-state index in [1.54, 1.807) is 13.8 Å². The van der Waals surface area contributed by atoms with Gasteiger partial charge in [-0.3, -0.25) is 4.79 Å². The largest absolute Gasteiger partial charge is 0.340 e. The molecule has 7 heteroatoms. The smallest absolute Gasteiger partial charge is 0.254 e. The molecule has 0 radical (unpaired) electrons. The van der Waals surface area contributed by atoms with E-state index in [-0.39, 0.29) is 11.5 Å². The van der Waals surface area contributed by atoms with E-state index in [0.717, 1.165) is 12.1 Å². The molecule has 0 saturated heterocycles. The van der Waals surface area contributed by atoms with Crippen LogP contribution in [-0.4, -0.2) is 16.0 Å². The van der Waals surface area contributed by atoms with Crippen molar-refractivity contribution in [3.8, 4) is 0 Å². The van der Waals surface area contributed by atoms with Gasteiger partial charge in [0.25, 0.3) is 5.91 Å². The average molecular weight is 267 g/mol. The molecule has 2 rings (SSSR count). The lowest BCUT2D eigenvalue weighted by molar-refractivity contribution is 0.0928. The lowest BCUT2D eigenvalue weighted by Crippen LogP contribution is -2.27. The van der Waals surface area contributed by atoms with E-state index in [2.05, 4.69) is 15.5 Å². The van der Waals surface area contributed by atoms with Crippen molar-refractivity contribution < 1.29 is 18.1 Å². The van der Waals surface area contributed by atoms with Crippen LogP contribution in [0.25, 0.3) is 0 Å². The summed E-state index contributed by atoms with van der Waals surface area (Å²) in [5.41, 5.74) is -0.246. The predicted octanol–water partition coefficient (Wildman–Crippen LogP) is 2.15. The lowest BCUT2D eigenvalue weighted by Gasteiger charge is -2.10. The number of carbonyl (C=O) groups is 1. The van der Waals surface area contributed by atoms with Crippen molar-refractivity contribution in [1.29, 1.82) is 0 Å². The molecule has 0 saturated carbocycles. The van der Waals surface area contributed by atoms with E-state index in [4.69, 9.17) is 4.52 Å². The first-order chi connectivity index (χ1) is 8.97. The quantitative estimate of drug-likeness (QED) is 0.925. The Morgan fingerprint density at radius 1 is 1.42 bits per heavy atom. The normalized spacial score (nSPS) is 12.2. The molecule has 1 aromatic heterocycles. The molecule has 1 amide bonds. The minimum absolute atomic E-state index is 0.216. The van der Waals surface area contributed by atoms with Crippen molar-refractivity contribution in [2.24, 2.45) is 0 Å². The number of hydrogen-bond acceptors (Lipinski definition) is 4. The first-order valence-corrected chi connectivity index (χ1v) is 5.53. The van der Waals surface area contributed by atoms with Gasteiger partial charge < -0.3 is 9.84 Å². The van der Waals surface area contributed by atoms with E-state index >= 15 is 0 Å². The molecule has 0 unspecified atom stereocenters. The van der Waals surface area contributed by atoms with Crippen LogP contribution in [0.2, 0.25) is 0 Å². The average Bonchev–Trinajstić information content (AvgIpc) is 2.75. The SMILES string of the molecule is Cc1noc([C@@H](C)NC(=O)c2ccc(F)cc2F)n1. The molecule has 5 nitrogen and oxygen atoms in total. The Hall–Kier alpha value is -2.31. The standard InChI is InChI=1S/C12H11F2N3O2/c1-6(12-16-7(2)17-19-12)15-11(18)9-4-3-8(13)5-10(9)14/h3-6H,1-2H3,(H,15,18)/t6-/m1/s1. The number of hydrogen-bond donors (Lipinski definition) is 1. The summed E-state index contributed by atoms with van der Waals surface area (Å²) in [6, 6.07) is 2.17. The van der Waals surface area contributed by atoms with E-state index in [1.807, 2.05) is 0 Å². The van der Waals surface area contributed by atoms with Gasteiger partial charge in [0.1, 0.15) is 17.7 Å². The number of halogens is 2. The number of nitrogens with zero attached hydrogens (tertiary/aromatic N) is 2. The van der Waals surface area contributed by atoms with E-state index < -0.39 is 23.6 Å². The summed E-state index contributed by atoms with van der Waals surface area (Å²) in [4.78, 5) is 15.8. The molecular formula is C12H11F2N3O2. The van der Waals surface area contributed by atoms with Crippen LogP contribution >= 0.6 is 0 Å². The van der Waals surface area contributed by atoms with Crippen LogP contribution in [-0.2, 0) is 0 Å². The molecule has 1 aromatic carbocycles. The Morgan fingerprint density at radius 2 is 2.16 bits per heavy atom. The molecule has 0 aliphatic rings. The van der Waals surface area contributed by atoms with Gasteiger partial charge in [-0.1, -0.05) is 5.16 Å². The fourth-order valence-electron chi connectivity index (χ4n) is 1.50. The molecule has 0 bridgehead atoms. The van der Waals surface area contributed by atoms with Crippen LogP contribution in [0.15, 0.2) is 22.7 Å². The fraction of sp³-hybridized carbons (Fsp3) is 0.250. The minimum Gasteiger partial charge on any atom is -0.340 e. The zero-order valence-electron chi connectivity index (χ0n) is 10.3. The highest BCUT2D eigenvalue weighted by Gasteiger charge is 2.19. The van der Waals surface area contributed by atoms with Crippen LogP contribution < -0.4 is 5.32 Å². The maximum Gasteiger partial charge on any atom is 0.254 e. The summed E-state index contributed by atoms with van der Waals surface area (Å²) in [5.74, 6) is -1.70. The van der Waals surface area contributed by atoms with Crippen molar-refractivity contribution in [2.75, 3.05) is 0 Å². The topological polar surface area (TPSA) is 68.0 Å². The van der Waals surface area contributed by atoms with Gasteiger partial charge in [0.05, 0.1) is 5.56 Å². The molecule has 19 heavy (non-hydrogen) atoms. The maximum absolute atomic E-state index is 13.4. The summed E-state index contributed by atoms with van der Waals surface area (Å²) in [6.45, 7) is 3.26. The van der Waals surface area contributed by atoms with Gasteiger partial charge in [0, 0.05) is 6.07 Å². The van der Waals surface area contributed by atoms with E-state index in [9.17, 15) is 13.6 Å². The zero-order chi connectivity index (χ0) is 14.0. The third kappa shape index (κ3) is 2.93. The van der Waals surface area contributed by atoms with Crippen LogP contribution in [0, 0.1) is 18.6 Å². The second-order valence-electron chi connectivity index (χ2n) is 4.00. The van der Waals surface area contributed by atoms with Crippen LogP contribution in [0.4, 0.5) is 8.78 Å². The van der Waals surface area contributed by atoms with E-state index in [0.29, 0.717) is 11.9 Å². The molecular weight excluding hydrogens is 256 g/mol. The number of benzene rings is 1. The van der Waals surface area contributed by atoms with Gasteiger partial charge >= 0.3 is 0 Å². The molecule has 2 aromatic rings. The monoisotopic (exact) mass is 267 g/mol. The van der Waals surface area contributed by atoms with Crippen molar-refractivity contribution in [3.63, 3.8) is 0 Å². The highest BCUT2D eigenvalue weighted by atomic mass is 19.1. The second-order valence-corrected chi connectivity index (χ2v) is 4.00. The van der Waals surface area contributed by atoms with Crippen LogP contribution in [0.1, 0.15) is 35.0 Å². The first kappa shape index (κ1) is 13.1. The number of nitrogens with one attached hydrogen (secondary N) is 1. The molecule has 100 valence electrons. The highest BCUT2D eigenvalue weighted by Crippen LogP contribution is 2.13. The van der Waals surface area contributed by atoms with Gasteiger partial charge in [-0.2, -0.15) is 4.98 Å². The number of aromatic nitrogens is 2. The maximum atomic E-state index is 13.4. The zero-order valence-corrected chi connectivity index (χ0v) is 10.3. The lowest BCUT2D eigenvalue weighted by atomic mass is 10.2. The first-order valence-electron chi connectivity index (χ1n) is 5.53. The van der Waals surface area contributed by atoms with E-state index in [1.165, 1.54) is 0 Å². The van der Waals surface area contributed by atoms with Gasteiger partial charge in [0.2, 0.25) is 5.89 Å². The number of carbonyl (C=O) groups excluding carboxylic acids is 1. The number of rotatable bonds is 3. The van der Waals surface area contributed by atoms with Gasteiger partial charge in [0.15, 0.2) is 5.82 Å². The number of amides is 1. The Kier molecular flexibility index (Phi) is 3.55. The summed E-state index contributed by atoms with van der Waals surface area (Å²) >= 11 is 0. The third-order valence-corrected chi connectivity index (χ3v) is 2.44. The summed E-state index contributed by atoms with van der Waals surface area (Å²) in [5, 5.41) is 6.07. The number of aryl methyl sites for hydroxylation is 1. The molecule has 1 atom stereocenters. The molecule has 1 N–H and O–H groups in total. The van der Waals surface area contributed by atoms with Crippen molar-refractivity contribution in [3.05, 3.63) is 47.1 Å². The molecule has 0 spiro atoms. The Morgan fingerprint density at radius 3 is 2.74 bits per heavy atom. The van der Waals surface area contributed by atoms with Gasteiger partial charge in [-0.15, -0.1) is 0 Å². The summed E-state index contributed by atoms with van der Waals surface area (Å²) in [7, 11) is 0. The highest BCUT2D eigenvalue weighted by molar-refractivity contribution is 5.94. The summed E-state index contributed by atoms with van der Waals surface area (Å²) in [6.07, 6.45) is 0. The van der Waals surface area contributed by atoms with Crippen molar-refractivity contribution in [2.45, 2.75) is 19.9 Å². The Balaban J connectivity index is 2.12. The van der Waals surface area contributed by atoms with Crippen LogP contribution in [0.5, 0.6) is 0 Å². The van der Waals surface area contributed by atoms with Gasteiger partial charge in [-0.25, -0.2) is 8.78 Å². The molecule has 0 fully saturated rings. The Bertz CT molecular complexity index is 613. The van der Waals surface area contributed by atoms with Crippen molar-refractivity contribution in [1.82, 2.24) is 15.5 Å². The Labute approximate surface area is 107 Å². The molecule has 0 aliphatic carbocycles. The third-order valence-electron chi connectivity index (χ3n) is 2.44. The van der Waals surface area contributed by atoms with Crippen LogP contribution in [0.3, 0.4) is 0 Å². The molecule has 0 aliphatic heterocycles. The second kappa shape index (κ2) is 5.13. The summed E-state index contributed by atoms with van der Waals surface area (Å²) < 4.78 is 31.0. The minimum atomic E-state index is -0.925.